The fourth-order valence-corrected chi connectivity index (χ4v) is 2.61. The number of hydrogen-bond donors (Lipinski definition) is 1. The Hall–Kier alpha value is -1.52. The summed E-state index contributed by atoms with van der Waals surface area (Å²) in [5.41, 5.74) is 1.84. The zero-order valence-corrected chi connectivity index (χ0v) is 10.6. The van der Waals surface area contributed by atoms with Gasteiger partial charge < -0.3 is 14.6 Å². The van der Waals surface area contributed by atoms with Gasteiger partial charge in [0, 0.05) is 25.5 Å². The van der Waals surface area contributed by atoms with E-state index in [0.717, 1.165) is 36.7 Å². The topological polar surface area (TPSA) is 41.3 Å². The molecular formula is C13H14ClN3O. The first-order valence-corrected chi connectivity index (χ1v) is 6.30. The Balaban J connectivity index is 1.88. The summed E-state index contributed by atoms with van der Waals surface area (Å²) in [5, 5.41) is 9.76. The third kappa shape index (κ3) is 1.98. The minimum absolute atomic E-state index is 0.0183. The minimum Gasteiger partial charge on any atom is -0.392 e. The van der Waals surface area contributed by atoms with E-state index in [-0.39, 0.29) is 6.61 Å². The number of benzene rings is 1. The van der Waals surface area contributed by atoms with Crippen LogP contribution in [0.2, 0.25) is 5.02 Å². The molecule has 0 fully saturated rings. The van der Waals surface area contributed by atoms with Crippen LogP contribution in [0.5, 0.6) is 0 Å². The molecule has 0 spiro atoms. The van der Waals surface area contributed by atoms with Crippen molar-refractivity contribution in [3.63, 3.8) is 0 Å². The lowest BCUT2D eigenvalue weighted by molar-refractivity contribution is 0.282. The van der Waals surface area contributed by atoms with E-state index in [2.05, 4.69) is 14.5 Å². The highest BCUT2D eigenvalue weighted by atomic mass is 35.5. The van der Waals surface area contributed by atoms with E-state index in [9.17, 15) is 0 Å². The summed E-state index contributed by atoms with van der Waals surface area (Å²) in [6.07, 6.45) is 3.83. The Kier molecular flexibility index (Phi) is 2.97. The van der Waals surface area contributed by atoms with Gasteiger partial charge in [-0.05, 0) is 17.7 Å². The van der Waals surface area contributed by atoms with Crippen LogP contribution in [0, 0.1) is 0 Å². The van der Waals surface area contributed by atoms with Gasteiger partial charge >= 0.3 is 0 Å². The van der Waals surface area contributed by atoms with Crippen LogP contribution in [-0.4, -0.2) is 21.2 Å². The zero-order chi connectivity index (χ0) is 12.5. The van der Waals surface area contributed by atoms with Crippen LogP contribution in [0.25, 0.3) is 0 Å². The summed E-state index contributed by atoms with van der Waals surface area (Å²) >= 11 is 6.26. The van der Waals surface area contributed by atoms with Crippen molar-refractivity contribution in [3.05, 3.63) is 47.0 Å². The molecule has 3 rings (SSSR count). The fraction of sp³-hybridized carbons (Fsp3) is 0.308. The van der Waals surface area contributed by atoms with E-state index in [1.54, 1.807) is 0 Å². The van der Waals surface area contributed by atoms with E-state index in [0.29, 0.717) is 5.02 Å². The molecule has 1 aliphatic heterocycles. The monoisotopic (exact) mass is 263 g/mol. The van der Waals surface area contributed by atoms with Gasteiger partial charge in [-0.25, -0.2) is 4.98 Å². The first-order chi connectivity index (χ1) is 8.78. The Morgan fingerprint density at radius 2 is 2.22 bits per heavy atom. The molecule has 0 saturated heterocycles. The predicted molar refractivity (Wildman–Crippen MR) is 70.7 cm³/mol. The lowest BCUT2D eigenvalue weighted by atomic mass is 10.2. The van der Waals surface area contributed by atoms with Gasteiger partial charge in [-0.1, -0.05) is 17.7 Å². The van der Waals surface area contributed by atoms with Crippen molar-refractivity contribution < 1.29 is 5.11 Å². The molecule has 1 aromatic heterocycles. The summed E-state index contributed by atoms with van der Waals surface area (Å²) in [5.74, 6) is 1.06. The van der Waals surface area contributed by atoms with Gasteiger partial charge in [0.15, 0.2) is 0 Å². The summed E-state index contributed by atoms with van der Waals surface area (Å²) < 4.78 is 2.16. The molecule has 0 aliphatic carbocycles. The first-order valence-electron chi connectivity index (χ1n) is 5.92. The van der Waals surface area contributed by atoms with Gasteiger partial charge in [-0.3, -0.25) is 0 Å². The van der Waals surface area contributed by atoms with Gasteiger partial charge in [-0.2, -0.15) is 0 Å². The predicted octanol–water partition coefficient (Wildman–Crippen LogP) is 2.05. The highest BCUT2D eigenvalue weighted by Gasteiger charge is 2.18. The molecule has 1 N–H and O–H groups in total. The lowest BCUT2D eigenvalue weighted by Crippen LogP contribution is -2.33. The lowest BCUT2D eigenvalue weighted by Gasteiger charge is -2.30. The van der Waals surface area contributed by atoms with E-state index < -0.39 is 0 Å². The second kappa shape index (κ2) is 4.63. The van der Waals surface area contributed by atoms with Crippen LogP contribution in [0.1, 0.15) is 11.4 Å². The number of aliphatic hydroxyl groups excluding tert-OH is 1. The summed E-state index contributed by atoms with van der Waals surface area (Å²) in [6, 6.07) is 5.69. The molecule has 2 aromatic rings. The molecule has 2 heterocycles. The number of fused-ring (bicyclic) bond motifs is 1. The van der Waals surface area contributed by atoms with Gasteiger partial charge in [0.05, 0.1) is 23.9 Å². The second-order valence-electron chi connectivity index (χ2n) is 4.40. The molecule has 0 saturated carbocycles. The Morgan fingerprint density at radius 1 is 1.33 bits per heavy atom. The first kappa shape index (κ1) is 11.6. The molecule has 1 aromatic carbocycles. The van der Waals surface area contributed by atoms with Crippen LogP contribution in [0.4, 0.5) is 5.69 Å². The molecule has 18 heavy (non-hydrogen) atoms. The summed E-state index contributed by atoms with van der Waals surface area (Å²) in [6.45, 7) is 2.63. The van der Waals surface area contributed by atoms with E-state index >= 15 is 0 Å². The number of anilines is 1. The SMILES string of the molecule is OCc1ccc(N2CCn3ccnc3C2)c(Cl)c1. The molecule has 94 valence electrons. The highest BCUT2D eigenvalue weighted by Crippen LogP contribution is 2.29. The normalized spacial score (nSPS) is 14.7. The minimum atomic E-state index is 0.0183. The highest BCUT2D eigenvalue weighted by molar-refractivity contribution is 6.33. The van der Waals surface area contributed by atoms with Gasteiger partial charge in [0.25, 0.3) is 0 Å². The maximum absolute atomic E-state index is 9.08. The van der Waals surface area contributed by atoms with Gasteiger partial charge in [0.2, 0.25) is 0 Å². The van der Waals surface area contributed by atoms with Crippen molar-refractivity contribution >= 4 is 17.3 Å². The zero-order valence-electron chi connectivity index (χ0n) is 9.88. The van der Waals surface area contributed by atoms with Crippen LogP contribution < -0.4 is 4.90 Å². The summed E-state index contributed by atoms with van der Waals surface area (Å²) in [4.78, 5) is 6.55. The maximum atomic E-state index is 9.08. The second-order valence-corrected chi connectivity index (χ2v) is 4.81. The number of aromatic nitrogens is 2. The number of imidazole rings is 1. The van der Waals surface area contributed by atoms with Crippen molar-refractivity contribution in [1.29, 1.82) is 0 Å². The Labute approximate surface area is 110 Å². The number of aliphatic hydroxyl groups is 1. The molecule has 0 atom stereocenters. The Morgan fingerprint density at radius 3 is 3.00 bits per heavy atom. The maximum Gasteiger partial charge on any atom is 0.128 e. The van der Waals surface area contributed by atoms with Crippen LogP contribution in [0.3, 0.4) is 0 Å². The molecule has 4 nitrogen and oxygen atoms in total. The third-order valence-corrected chi connectivity index (χ3v) is 3.58. The van der Waals surface area contributed by atoms with Crippen LogP contribution in [0.15, 0.2) is 30.6 Å². The number of rotatable bonds is 2. The van der Waals surface area contributed by atoms with Crippen molar-refractivity contribution in [2.45, 2.75) is 19.7 Å². The van der Waals surface area contributed by atoms with Crippen molar-refractivity contribution in [2.24, 2.45) is 0 Å². The van der Waals surface area contributed by atoms with Gasteiger partial charge in [0.1, 0.15) is 5.82 Å². The number of hydrogen-bond acceptors (Lipinski definition) is 3. The smallest absolute Gasteiger partial charge is 0.128 e. The van der Waals surface area contributed by atoms with E-state index in [4.69, 9.17) is 16.7 Å². The van der Waals surface area contributed by atoms with Crippen molar-refractivity contribution in [2.75, 3.05) is 11.4 Å². The largest absolute Gasteiger partial charge is 0.392 e. The molecule has 1 aliphatic rings. The van der Waals surface area contributed by atoms with Crippen LogP contribution >= 0.6 is 11.6 Å². The molecule has 0 amide bonds. The third-order valence-electron chi connectivity index (χ3n) is 3.28. The average molecular weight is 264 g/mol. The van der Waals surface area contributed by atoms with E-state index in [1.807, 2.05) is 30.6 Å². The average Bonchev–Trinajstić information content (AvgIpc) is 2.85. The van der Waals surface area contributed by atoms with Crippen molar-refractivity contribution in [3.8, 4) is 0 Å². The van der Waals surface area contributed by atoms with E-state index in [1.165, 1.54) is 0 Å². The molecule has 0 radical (unpaired) electrons. The quantitative estimate of drug-likeness (QED) is 0.902. The number of halogens is 1. The summed E-state index contributed by atoms with van der Waals surface area (Å²) in [7, 11) is 0. The molecular weight excluding hydrogens is 250 g/mol. The Bertz CT molecular complexity index is 567. The standard InChI is InChI=1S/C13H14ClN3O/c14-11-7-10(9-18)1-2-12(11)17-6-5-16-4-3-15-13(16)8-17/h1-4,7,18H,5-6,8-9H2. The molecule has 0 unspecified atom stereocenters. The van der Waals surface area contributed by atoms with Crippen LogP contribution in [-0.2, 0) is 19.7 Å². The molecule has 0 bridgehead atoms. The molecule has 5 heteroatoms. The number of nitrogens with zero attached hydrogens (tertiary/aromatic N) is 3. The van der Waals surface area contributed by atoms with Gasteiger partial charge in [-0.15, -0.1) is 0 Å². The fourth-order valence-electron chi connectivity index (χ4n) is 2.28. The van der Waals surface area contributed by atoms with Crippen molar-refractivity contribution in [1.82, 2.24) is 9.55 Å².